The van der Waals surface area contributed by atoms with Crippen LogP contribution in [0.25, 0.3) is 0 Å². The zero-order chi connectivity index (χ0) is 15.9. The molecule has 5 nitrogen and oxygen atoms in total. The van der Waals surface area contributed by atoms with Crippen molar-refractivity contribution in [2.75, 3.05) is 13.2 Å². The van der Waals surface area contributed by atoms with Crippen LogP contribution in [0.15, 0.2) is 24.3 Å². The summed E-state index contributed by atoms with van der Waals surface area (Å²) in [5, 5.41) is 3.08. The van der Waals surface area contributed by atoms with Crippen molar-refractivity contribution in [1.29, 1.82) is 0 Å². The van der Waals surface area contributed by atoms with Crippen molar-refractivity contribution >= 4 is 18.3 Å². The topological polar surface area (TPSA) is 73.6 Å². The van der Waals surface area contributed by atoms with Gasteiger partial charge in [-0.25, -0.2) is 0 Å². The van der Waals surface area contributed by atoms with E-state index in [1.54, 1.807) is 0 Å². The molecule has 1 aliphatic rings. The summed E-state index contributed by atoms with van der Waals surface area (Å²) < 4.78 is 11.3. The first-order chi connectivity index (χ1) is 10.7. The van der Waals surface area contributed by atoms with Gasteiger partial charge in [0.25, 0.3) is 0 Å². The summed E-state index contributed by atoms with van der Waals surface area (Å²) in [5.41, 5.74) is 6.60. The second-order valence-corrected chi connectivity index (χ2v) is 5.50. The molecule has 3 atom stereocenters. The van der Waals surface area contributed by atoms with Gasteiger partial charge in [0, 0.05) is 12.1 Å². The maximum atomic E-state index is 12.4. The number of carbonyl (C=O) groups is 1. The molecule has 1 saturated heterocycles. The number of carbonyl (C=O) groups excluding carboxylic acids is 1. The summed E-state index contributed by atoms with van der Waals surface area (Å²) in [6.07, 6.45) is 1.99. The Bertz CT molecular complexity index is 498. The maximum Gasteiger partial charge on any atom is 0.249 e. The summed E-state index contributed by atoms with van der Waals surface area (Å²) in [6, 6.07) is 7.76. The standard InChI is InChI=1S/C17H26N2O3.ClH/c1-3-14(13-7-5-6-8-15(13)21-4-2)19-17(20)16-10-9-12(11-18)22-16;/h5-8,12,14,16H,3-4,9-11,18H2,1-2H3,(H,19,20);1H/t12-,14?,16+;/m1./s1. The smallest absolute Gasteiger partial charge is 0.249 e. The first kappa shape index (κ1) is 19.7. The first-order valence-corrected chi connectivity index (χ1v) is 8.07. The number of para-hydroxylation sites is 1. The average molecular weight is 343 g/mol. The molecule has 1 aromatic rings. The first-order valence-electron chi connectivity index (χ1n) is 8.07. The summed E-state index contributed by atoms with van der Waals surface area (Å²) in [7, 11) is 0. The summed E-state index contributed by atoms with van der Waals surface area (Å²) in [5.74, 6) is 0.762. The molecule has 1 amide bonds. The molecule has 2 rings (SSSR count). The van der Waals surface area contributed by atoms with Gasteiger partial charge in [0.15, 0.2) is 0 Å². The molecule has 23 heavy (non-hydrogen) atoms. The number of amides is 1. The van der Waals surface area contributed by atoms with Crippen LogP contribution >= 0.6 is 12.4 Å². The SMILES string of the molecule is CCOc1ccccc1C(CC)NC(=O)[C@@H]1CC[C@H](CN)O1.Cl. The fourth-order valence-electron chi connectivity index (χ4n) is 2.79. The van der Waals surface area contributed by atoms with E-state index >= 15 is 0 Å². The van der Waals surface area contributed by atoms with Crippen LogP contribution in [-0.2, 0) is 9.53 Å². The lowest BCUT2D eigenvalue weighted by Gasteiger charge is -2.22. The van der Waals surface area contributed by atoms with E-state index < -0.39 is 0 Å². The molecule has 1 fully saturated rings. The second-order valence-electron chi connectivity index (χ2n) is 5.50. The van der Waals surface area contributed by atoms with Crippen molar-refractivity contribution in [3.8, 4) is 5.75 Å². The second kappa shape index (κ2) is 9.75. The summed E-state index contributed by atoms with van der Waals surface area (Å²) in [4.78, 5) is 12.4. The third-order valence-electron chi connectivity index (χ3n) is 3.98. The number of hydrogen-bond donors (Lipinski definition) is 2. The predicted molar refractivity (Wildman–Crippen MR) is 93.0 cm³/mol. The summed E-state index contributed by atoms with van der Waals surface area (Å²) >= 11 is 0. The highest BCUT2D eigenvalue weighted by molar-refractivity contribution is 5.85. The van der Waals surface area contributed by atoms with Crippen molar-refractivity contribution in [2.45, 2.75) is 51.4 Å². The molecule has 6 heteroatoms. The van der Waals surface area contributed by atoms with E-state index in [1.807, 2.05) is 38.1 Å². The molecule has 0 saturated carbocycles. The van der Waals surface area contributed by atoms with Crippen LogP contribution in [0, 0.1) is 0 Å². The minimum atomic E-state index is -0.387. The van der Waals surface area contributed by atoms with E-state index in [9.17, 15) is 4.79 Å². The molecule has 0 aliphatic carbocycles. The van der Waals surface area contributed by atoms with E-state index in [4.69, 9.17) is 15.2 Å². The van der Waals surface area contributed by atoms with Crippen molar-refractivity contribution in [3.63, 3.8) is 0 Å². The van der Waals surface area contributed by atoms with Gasteiger partial charge in [-0.1, -0.05) is 25.1 Å². The summed E-state index contributed by atoms with van der Waals surface area (Å²) in [6.45, 7) is 5.07. The van der Waals surface area contributed by atoms with Crippen LogP contribution in [0.5, 0.6) is 5.75 Å². The van der Waals surface area contributed by atoms with E-state index in [0.29, 0.717) is 13.2 Å². The molecule has 130 valence electrons. The molecule has 0 spiro atoms. The van der Waals surface area contributed by atoms with Gasteiger partial charge in [-0.05, 0) is 32.3 Å². The minimum Gasteiger partial charge on any atom is -0.494 e. The van der Waals surface area contributed by atoms with Crippen molar-refractivity contribution < 1.29 is 14.3 Å². The third-order valence-corrected chi connectivity index (χ3v) is 3.98. The van der Waals surface area contributed by atoms with Crippen molar-refractivity contribution in [3.05, 3.63) is 29.8 Å². The van der Waals surface area contributed by atoms with Gasteiger partial charge in [-0.15, -0.1) is 12.4 Å². The Labute approximate surface area is 144 Å². The normalized spacial score (nSPS) is 21.3. The zero-order valence-corrected chi connectivity index (χ0v) is 14.6. The number of nitrogens with two attached hydrogens (primary N) is 1. The Morgan fingerprint density at radius 2 is 2.13 bits per heavy atom. The van der Waals surface area contributed by atoms with Gasteiger partial charge < -0.3 is 20.5 Å². The largest absolute Gasteiger partial charge is 0.494 e. The lowest BCUT2D eigenvalue weighted by Crippen LogP contribution is -2.37. The van der Waals surface area contributed by atoms with Crippen LogP contribution in [0.4, 0.5) is 0 Å². The van der Waals surface area contributed by atoms with Crippen molar-refractivity contribution in [2.24, 2.45) is 5.73 Å². The molecule has 0 radical (unpaired) electrons. The molecular formula is C17H27ClN2O3. The van der Waals surface area contributed by atoms with Gasteiger partial charge in [0.05, 0.1) is 18.8 Å². The molecular weight excluding hydrogens is 316 g/mol. The van der Waals surface area contributed by atoms with Crippen LogP contribution in [0.3, 0.4) is 0 Å². The van der Waals surface area contributed by atoms with Crippen LogP contribution in [-0.4, -0.2) is 31.3 Å². The number of halogens is 1. The van der Waals surface area contributed by atoms with Crippen LogP contribution < -0.4 is 15.8 Å². The highest BCUT2D eigenvalue weighted by atomic mass is 35.5. The van der Waals surface area contributed by atoms with Crippen LogP contribution in [0.1, 0.15) is 44.7 Å². The number of ether oxygens (including phenoxy) is 2. The Morgan fingerprint density at radius 1 is 1.39 bits per heavy atom. The highest BCUT2D eigenvalue weighted by Gasteiger charge is 2.31. The molecule has 1 unspecified atom stereocenters. The zero-order valence-electron chi connectivity index (χ0n) is 13.8. The fraction of sp³-hybridized carbons (Fsp3) is 0.588. The van der Waals surface area contributed by atoms with E-state index in [2.05, 4.69) is 5.32 Å². The van der Waals surface area contributed by atoms with Crippen molar-refractivity contribution in [1.82, 2.24) is 5.32 Å². The Balaban J connectivity index is 0.00000264. The van der Waals surface area contributed by atoms with E-state index in [0.717, 1.165) is 30.6 Å². The van der Waals surface area contributed by atoms with Gasteiger partial charge in [-0.3, -0.25) is 4.79 Å². The molecule has 1 heterocycles. The quantitative estimate of drug-likeness (QED) is 0.798. The predicted octanol–water partition coefficient (Wildman–Crippen LogP) is 2.58. The van der Waals surface area contributed by atoms with Gasteiger partial charge >= 0.3 is 0 Å². The number of benzene rings is 1. The molecule has 1 aromatic carbocycles. The maximum absolute atomic E-state index is 12.4. The molecule has 0 bridgehead atoms. The van der Waals surface area contributed by atoms with E-state index in [1.165, 1.54) is 0 Å². The van der Waals surface area contributed by atoms with E-state index in [-0.39, 0.29) is 36.6 Å². The minimum absolute atomic E-state index is 0. The number of hydrogen-bond acceptors (Lipinski definition) is 4. The van der Waals surface area contributed by atoms with Gasteiger partial charge in [-0.2, -0.15) is 0 Å². The molecule has 1 aliphatic heterocycles. The van der Waals surface area contributed by atoms with Crippen LogP contribution in [0.2, 0.25) is 0 Å². The average Bonchev–Trinajstić information content (AvgIpc) is 3.03. The highest BCUT2D eigenvalue weighted by Crippen LogP contribution is 2.28. The Kier molecular flexibility index (Phi) is 8.37. The fourth-order valence-corrected chi connectivity index (χ4v) is 2.79. The Hall–Kier alpha value is -1.30. The lowest BCUT2D eigenvalue weighted by atomic mass is 10.0. The van der Waals surface area contributed by atoms with Gasteiger partial charge in [0.1, 0.15) is 11.9 Å². The lowest BCUT2D eigenvalue weighted by molar-refractivity contribution is -0.132. The molecule has 0 aromatic heterocycles. The Morgan fingerprint density at radius 3 is 2.74 bits per heavy atom. The monoisotopic (exact) mass is 342 g/mol. The molecule has 3 N–H and O–H groups in total. The number of nitrogens with one attached hydrogen (secondary N) is 1. The third kappa shape index (κ3) is 5.09. The number of rotatable bonds is 7. The van der Waals surface area contributed by atoms with Gasteiger partial charge in [0.2, 0.25) is 5.91 Å².